The molecule has 0 bridgehead atoms. The lowest BCUT2D eigenvalue weighted by Crippen LogP contribution is -2.40. The first-order valence-corrected chi connectivity index (χ1v) is 7.49. The number of hydrogen-bond donors (Lipinski definition) is 2. The zero-order valence-electron chi connectivity index (χ0n) is 12.7. The molecule has 1 aliphatic carbocycles. The SMILES string of the molecule is C=C(C)CN=C(N)NCC1COC2(CCC(C)CC2)O1. The molecule has 1 unspecified atom stereocenters. The van der Waals surface area contributed by atoms with Crippen LogP contribution < -0.4 is 11.1 Å². The summed E-state index contributed by atoms with van der Waals surface area (Å²) in [5.41, 5.74) is 6.78. The molecule has 114 valence electrons. The smallest absolute Gasteiger partial charge is 0.188 e. The minimum absolute atomic E-state index is 0.0574. The highest BCUT2D eigenvalue weighted by atomic mass is 16.7. The number of hydrogen-bond acceptors (Lipinski definition) is 3. The van der Waals surface area contributed by atoms with Crippen molar-refractivity contribution in [2.75, 3.05) is 19.7 Å². The number of nitrogens with one attached hydrogen (secondary N) is 1. The molecule has 1 aliphatic heterocycles. The normalized spacial score (nSPS) is 34.4. The van der Waals surface area contributed by atoms with E-state index in [0.717, 1.165) is 24.3 Å². The maximum Gasteiger partial charge on any atom is 0.188 e. The summed E-state index contributed by atoms with van der Waals surface area (Å²) in [6.07, 6.45) is 4.43. The van der Waals surface area contributed by atoms with Crippen molar-refractivity contribution < 1.29 is 9.47 Å². The molecule has 1 atom stereocenters. The van der Waals surface area contributed by atoms with Gasteiger partial charge in [0, 0.05) is 19.4 Å². The van der Waals surface area contributed by atoms with Crippen LogP contribution in [0, 0.1) is 5.92 Å². The fraction of sp³-hybridized carbons (Fsp3) is 0.800. The van der Waals surface area contributed by atoms with Gasteiger partial charge in [-0.1, -0.05) is 19.1 Å². The van der Waals surface area contributed by atoms with Gasteiger partial charge in [0.25, 0.3) is 0 Å². The minimum atomic E-state index is -0.331. The Morgan fingerprint density at radius 3 is 2.80 bits per heavy atom. The number of nitrogens with zero attached hydrogens (tertiary/aromatic N) is 1. The van der Waals surface area contributed by atoms with Gasteiger partial charge >= 0.3 is 0 Å². The Kier molecular flexibility index (Phi) is 5.05. The maximum absolute atomic E-state index is 6.10. The van der Waals surface area contributed by atoms with Crippen molar-refractivity contribution in [3.05, 3.63) is 12.2 Å². The lowest BCUT2D eigenvalue weighted by molar-refractivity contribution is -0.191. The van der Waals surface area contributed by atoms with E-state index in [-0.39, 0.29) is 11.9 Å². The molecule has 5 heteroatoms. The van der Waals surface area contributed by atoms with Gasteiger partial charge in [0.1, 0.15) is 6.10 Å². The van der Waals surface area contributed by atoms with Crippen molar-refractivity contribution in [2.45, 2.75) is 51.4 Å². The van der Waals surface area contributed by atoms with Crippen LogP contribution in [0.5, 0.6) is 0 Å². The predicted octanol–water partition coefficient (Wildman–Crippen LogP) is 1.79. The fourth-order valence-corrected chi connectivity index (χ4v) is 2.68. The summed E-state index contributed by atoms with van der Waals surface area (Å²) in [6.45, 7) is 9.85. The quantitative estimate of drug-likeness (QED) is 0.468. The third-order valence-corrected chi connectivity index (χ3v) is 3.98. The first-order chi connectivity index (χ1) is 9.49. The summed E-state index contributed by atoms with van der Waals surface area (Å²) in [5, 5.41) is 3.09. The monoisotopic (exact) mass is 281 g/mol. The summed E-state index contributed by atoms with van der Waals surface area (Å²) < 4.78 is 12.0. The molecule has 1 saturated carbocycles. The molecule has 5 nitrogen and oxygen atoms in total. The van der Waals surface area contributed by atoms with Crippen LogP contribution >= 0.6 is 0 Å². The van der Waals surface area contributed by atoms with Crippen LogP contribution in [0.3, 0.4) is 0 Å². The van der Waals surface area contributed by atoms with Crippen molar-refractivity contribution in [3.63, 3.8) is 0 Å². The van der Waals surface area contributed by atoms with Crippen molar-refractivity contribution >= 4 is 5.96 Å². The summed E-state index contributed by atoms with van der Waals surface area (Å²) in [6, 6.07) is 0. The lowest BCUT2D eigenvalue weighted by atomic mass is 9.86. The van der Waals surface area contributed by atoms with Gasteiger partial charge in [-0.25, -0.2) is 4.99 Å². The molecular formula is C15H27N3O2. The van der Waals surface area contributed by atoms with E-state index >= 15 is 0 Å². The van der Waals surface area contributed by atoms with Crippen molar-refractivity contribution in [3.8, 4) is 0 Å². The first-order valence-electron chi connectivity index (χ1n) is 7.49. The molecular weight excluding hydrogens is 254 g/mol. The predicted molar refractivity (Wildman–Crippen MR) is 80.5 cm³/mol. The molecule has 2 rings (SSSR count). The number of nitrogens with two attached hydrogens (primary N) is 1. The van der Waals surface area contributed by atoms with Crippen molar-refractivity contribution in [1.29, 1.82) is 0 Å². The molecule has 1 saturated heterocycles. The molecule has 2 fully saturated rings. The van der Waals surface area contributed by atoms with E-state index in [1.165, 1.54) is 12.8 Å². The molecule has 3 N–H and O–H groups in total. The zero-order chi connectivity index (χ0) is 14.6. The molecule has 20 heavy (non-hydrogen) atoms. The topological polar surface area (TPSA) is 68.9 Å². The van der Waals surface area contributed by atoms with Gasteiger partial charge in [-0.15, -0.1) is 0 Å². The van der Waals surface area contributed by atoms with Crippen LogP contribution in [0.15, 0.2) is 17.1 Å². The highest BCUT2D eigenvalue weighted by molar-refractivity contribution is 5.77. The third kappa shape index (κ3) is 4.21. The van der Waals surface area contributed by atoms with Crippen LogP contribution in [0.4, 0.5) is 0 Å². The summed E-state index contributed by atoms with van der Waals surface area (Å²) in [7, 11) is 0. The second-order valence-corrected chi connectivity index (χ2v) is 6.18. The second kappa shape index (κ2) is 6.59. The minimum Gasteiger partial charge on any atom is -0.370 e. The standard InChI is InChI=1S/C15H27N3O2/c1-11(2)8-17-14(16)18-9-13-10-19-15(20-13)6-4-12(3)5-7-15/h12-13H,1,4-10H2,2-3H3,(H3,16,17,18). The van der Waals surface area contributed by atoms with Crippen LogP contribution in [-0.4, -0.2) is 37.5 Å². The van der Waals surface area contributed by atoms with E-state index < -0.39 is 0 Å². The Morgan fingerprint density at radius 1 is 1.45 bits per heavy atom. The molecule has 2 aliphatic rings. The maximum atomic E-state index is 6.10. The Balaban J connectivity index is 1.73. The third-order valence-electron chi connectivity index (χ3n) is 3.98. The van der Waals surface area contributed by atoms with Gasteiger partial charge < -0.3 is 20.5 Å². The number of rotatable bonds is 4. The van der Waals surface area contributed by atoms with Crippen LogP contribution in [-0.2, 0) is 9.47 Å². The van der Waals surface area contributed by atoms with E-state index in [0.29, 0.717) is 25.7 Å². The average molecular weight is 281 g/mol. The van der Waals surface area contributed by atoms with Gasteiger partial charge in [0.2, 0.25) is 0 Å². The van der Waals surface area contributed by atoms with E-state index in [2.05, 4.69) is 23.8 Å². The van der Waals surface area contributed by atoms with E-state index in [1.807, 2.05) is 6.92 Å². The summed E-state index contributed by atoms with van der Waals surface area (Å²) in [5.74, 6) is 0.896. The van der Waals surface area contributed by atoms with Gasteiger partial charge in [-0.2, -0.15) is 0 Å². The van der Waals surface area contributed by atoms with Gasteiger partial charge in [0.05, 0.1) is 13.2 Å². The number of aliphatic imine (C=N–C) groups is 1. The number of ether oxygens (including phenoxy) is 2. The van der Waals surface area contributed by atoms with Gasteiger partial charge in [-0.3, -0.25) is 0 Å². The van der Waals surface area contributed by atoms with Crippen LogP contribution in [0.2, 0.25) is 0 Å². The van der Waals surface area contributed by atoms with E-state index in [4.69, 9.17) is 15.2 Å². The second-order valence-electron chi connectivity index (χ2n) is 6.18. The van der Waals surface area contributed by atoms with Crippen LogP contribution in [0.25, 0.3) is 0 Å². The Morgan fingerprint density at radius 2 is 2.15 bits per heavy atom. The molecule has 0 aromatic rings. The van der Waals surface area contributed by atoms with E-state index in [1.54, 1.807) is 0 Å². The summed E-state index contributed by atoms with van der Waals surface area (Å²) in [4.78, 5) is 4.19. The van der Waals surface area contributed by atoms with E-state index in [9.17, 15) is 0 Å². The number of guanidine groups is 1. The summed E-state index contributed by atoms with van der Waals surface area (Å²) >= 11 is 0. The zero-order valence-corrected chi connectivity index (χ0v) is 12.7. The first kappa shape index (κ1) is 15.3. The lowest BCUT2D eigenvalue weighted by Gasteiger charge is -2.34. The molecule has 1 heterocycles. The highest BCUT2D eigenvalue weighted by Gasteiger charge is 2.43. The Bertz CT molecular complexity index is 373. The largest absolute Gasteiger partial charge is 0.370 e. The fourth-order valence-electron chi connectivity index (χ4n) is 2.68. The highest BCUT2D eigenvalue weighted by Crippen LogP contribution is 2.39. The van der Waals surface area contributed by atoms with Gasteiger partial charge in [0.15, 0.2) is 11.7 Å². The van der Waals surface area contributed by atoms with Crippen molar-refractivity contribution in [1.82, 2.24) is 5.32 Å². The van der Waals surface area contributed by atoms with Gasteiger partial charge in [-0.05, 0) is 25.7 Å². The van der Waals surface area contributed by atoms with Crippen molar-refractivity contribution in [2.24, 2.45) is 16.6 Å². The average Bonchev–Trinajstić information content (AvgIpc) is 2.81. The molecule has 0 aromatic carbocycles. The molecule has 0 aromatic heterocycles. The molecule has 1 spiro atoms. The van der Waals surface area contributed by atoms with Crippen LogP contribution in [0.1, 0.15) is 39.5 Å². The Hall–Kier alpha value is -1.07. The Labute approximate surface area is 121 Å². The molecule has 0 amide bonds. The molecule has 0 radical (unpaired) electrons.